The fraction of sp³-hybridized carbons (Fsp3) is 0.0290. The van der Waals surface area contributed by atoms with Crippen LogP contribution in [0.3, 0.4) is 0 Å². The first-order valence-corrected chi connectivity index (χ1v) is 25.4. The zero-order valence-corrected chi connectivity index (χ0v) is 40.4. The molecule has 0 radical (unpaired) electrons. The summed E-state index contributed by atoms with van der Waals surface area (Å²) < 4.78 is 4.62. The number of allylic oxidation sites excluding steroid dienone is 4. The minimum atomic E-state index is 0.342. The number of hydrogen-bond donors (Lipinski definition) is 0. The Morgan fingerprint density at radius 3 is 1.12 bits per heavy atom. The van der Waals surface area contributed by atoms with Crippen LogP contribution in [0.25, 0.3) is 123 Å². The lowest BCUT2D eigenvalue weighted by Gasteiger charge is -2.14. The van der Waals surface area contributed by atoms with Crippen molar-refractivity contribution < 1.29 is 0 Å². The van der Waals surface area contributed by atoms with Crippen LogP contribution in [0, 0.1) is 0 Å². The maximum Gasteiger partial charge on any atom is 0.238 e. The summed E-state index contributed by atoms with van der Waals surface area (Å²) in [5.74, 6) is 2.13. The Hall–Kier alpha value is -9.71. The van der Waals surface area contributed by atoms with Crippen molar-refractivity contribution in [2.45, 2.75) is 12.3 Å². The molecule has 0 N–H and O–H groups in total. The summed E-state index contributed by atoms with van der Waals surface area (Å²) >= 11 is 0. The topological polar surface area (TPSA) is 48.5 Å². The van der Waals surface area contributed by atoms with E-state index in [1.807, 2.05) is 6.07 Å². The highest BCUT2D eigenvalue weighted by Crippen LogP contribution is 2.41. The van der Waals surface area contributed by atoms with E-state index in [0.717, 1.165) is 78.4 Å². The van der Waals surface area contributed by atoms with E-state index in [1.54, 1.807) is 0 Å². The van der Waals surface area contributed by atoms with Gasteiger partial charge in [0.1, 0.15) is 0 Å². The third-order valence-electron chi connectivity index (χ3n) is 14.7. The maximum absolute atomic E-state index is 5.37. The zero-order valence-electron chi connectivity index (χ0n) is 40.4. The third kappa shape index (κ3) is 7.70. The molecule has 1 aliphatic rings. The quantitative estimate of drug-likeness (QED) is 0.145. The molecule has 0 bridgehead atoms. The van der Waals surface area contributed by atoms with Gasteiger partial charge in [-0.2, -0.15) is 9.97 Å². The minimum absolute atomic E-state index is 0.342. The van der Waals surface area contributed by atoms with Gasteiger partial charge in [-0.1, -0.05) is 206 Å². The molecule has 0 saturated heterocycles. The molecule has 13 aromatic rings. The van der Waals surface area contributed by atoms with Crippen molar-refractivity contribution in [3.05, 3.63) is 273 Å². The molecular formula is C69H47N5. The van der Waals surface area contributed by atoms with Gasteiger partial charge in [-0.3, -0.25) is 4.57 Å². The largest absolute Gasteiger partial charge is 0.309 e. The first kappa shape index (κ1) is 43.1. The molecule has 0 saturated carbocycles. The number of benzene rings is 10. The van der Waals surface area contributed by atoms with Crippen LogP contribution in [0.1, 0.15) is 17.9 Å². The van der Waals surface area contributed by atoms with Gasteiger partial charge in [-0.15, -0.1) is 0 Å². The molecule has 74 heavy (non-hydrogen) atoms. The number of fused-ring (bicyclic) bond motifs is 6. The summed E-state index contributed by atoms with van der Waals surface area (Å²) in [6, 6.07) is 87.2. The average molecular weight is 946 g/mol. The van der Waals surface area contributed by atoms with Crippen LogP contribution in [0.5, 0.6) is 0 Å². The van der Waals surface area contributed by atoms with Crippen LogP contribution < -0.4 is 0 Å². The molecule has 0 spiro atoms. The van der Waals surface area contributed by atoms with Crippen LogP contribution in [0.2, 0.25) is 0 Å². The number of aromatic nitrogens is 5. The standard InChI is InChI=1S/C69H47N5/c1-6-16-46(17-7-1)50-26-30-52(31-27-50)67-70-68(53-32-28-51(29-33-53)47-18-8-2-9-19-47)72-69(71-67)74-65-40-35-55(49-22-12-4-13-23-49)43-61(65)62-45-57(37-41-66(62)74)56-36-39-64-60(44-56)59-42-54(48-20-10-3-11-21-48)34-38-63(59)73(64)58-24-14-5-15-25-58/h1-18,20-45,47H,19H2. The highest BCUT2D eigenvalue weighted by atomic mass is 15.2. The van der Waals surface area contributed by atoms with Crippen molar-refractivity contribution >= 4 is 43.6 Å². The zero-order chi connectivity index (χ0) is 49.0. The Balaban J connectivity index is 0.956. The third-order valence-corrected chi connectivity index (χ3v) is 14.7. The Labute approximate surface area is 429 Å². The average Bonchev–Trinajstić information content (AvgIpc) is 4.00. The maximum atomic E-state index is 5.37. The van der Waals surface area contributed by atoms with Gasteiger partial charge in [0.15, 0.2) is 11.6 Å². The van der Waals surface area contributed by atoms with E-state index in [1.165, 1.54) is 38.5 Å². The van der Waals surface area contributed by atoms with Gasteiger partial charge in [0, 0.05) is 44.3 Å². The second-order valence-electron chi connectivity index (χ2n) is 19.2. The molecule has 348 valence electrons. The monoisotopic (exact) mass is 945 g/mol. The molecule has 3 heterocycles. The number of para-hydroxylation sites is 1. The molecular weight excluding hydrogens is 899 g/mol. The van der Waals surface area contributed by atoms with Crippen molar-refractivity contribution in [1.82, 2.24) is 24.1 Å². The number of hydrogen-bond acceptors (Lipinski definition) is 3. The molecule has 0 fully saturated rings. The molecule has 1 unspecified atom stereocenters. The van der Waals surface area contributed by atoms with Gasteiger partial charge in [-0.25, -0.2) is 4.98 Å². The number of nitrogens with zero attached hydrogens (tertiary/aromatic N) is 5. The van der Waals surface area contributed by atoms with Gasteiger partial charge in [0.2, 0.25) is 5.95 Å². The molecule has 14 rings (SSSR count). The second kappa shape index (κ2) is 18.2. The van der Waals surface area contributed by atoms with Crippen molar-refractivity contribution in [3.8, 4) is 78.9 Å². The van der Waals surface area contributed by atoms with E-state index in [-0.39, 0.29) is 0 Å². The second-order valence-corrected chi connectivity index (χ2v) is 19.2. The molecule has 1 atom stereocenters. The SMILES string of the molecule is C1=CCC(c2ccc(-c3nc(-c4ccc(-c5ccccc5)cc4)nc(-n4c5ccc(-c6ccccc6)cc5c5cc(-c6ccc7c(c6)c6cc(-c8ccccc8)ccc6n7-c6ccccc6)ccc54)n3)cc2)C=C1. The van der Waals surface area contributed by atoms with Crippen molar-refractivity contribution in [2.75, 3.05) is 0 Å². The van der Waals surface area contributed by atoms with E-state index in [0.29, 0.717) is 23.5 Å². The molecule has 0 amide bonds. The van der Waals surface area contributed by atoms with Crippen molar-refractivity contribution in [3.63, 3.8) is 0 Å². The number of rotatable bonds is 9. The van der Waals surface area contributed by atoms with Crippen LogP contribution in [-0.2, 0) is 0 Å². The lowest BCUT2D eigenvalue weighted by Crippen LogP contribution is -2.06. The van der Waals surface area contributed by atoms with Crippen molar-refractivity contribution in [2.24, 2.45) is 0 Å². The Morgan fingerprint density at radius 2 is 0.676 bits per heavy atom. The van der Waals surface area contributed by atoms with Gasteiger partial charge in [-0.05, 0) is 117 Å². The van der Waals surface area contributed by atoms with Crippen LogP contribution in [0.15, 0.2) is 267 Å². The lowest BCUT2D eigenvalue weighted by molar-refractivity contribution is 0.854. The molecule has 5 nitrogen and oxygen atoms in total. The first-order valence-electron chi connectivity index (χ1n) is 25.4. The fourth-order valence-corrected chi connectivity index (χ4v) is 11.0. The van der Waals surface area contributed by atoms with Crippen LogP contribution in [0.4, 0.5) is 0 Å². The lowest BCUT2D eigenvalue weighted by atomic mass is 9.92. The highest BCUT2D eigenvalue weighted by molar-refractivity contribution is 6.14. The Kier molecular flexibility index (Phi) is 10.6. The minimum Gasteiger partial charge on any atom is -0.309 e. The Morgan fingerprint density at radius 1 is 0.311 bits per heavy atom. The van der Waals surface area contributed by atoms with E-state index in [9.17, 15) is 0 Å². The van der Waals surface area contributed by atoms with E-state index < -0.39 is 0 Å². The summed E-state index contributed by atoms with van der Waals surface area (Å²) in [4.78, 5) is 16.0. The van der Waals surface area contributed by atoms with Gasteiger partial charge >= 0.3 is 0 Å². The summed E-state index contributed by atoms with van der Waals surface area (Å²) in [6.45, 7) is 0. The van der Waals surface area contributed by atoms with E-state index in [4.69, 9.17) is 15.0 Å². The summed E-state index contributed by atoms with van der Waals surface area (Å²) in [6.07, 6.45) is 9.75. The van der Waals surface area contributed by atoms with Crippen LogP contribution >= 0.6 is 0 Å². The first-order chi connectivity index (χ1) is 36.7. The van der Waals surface area contributed by atoms with Crippen molar-refractivity contribution in [1.29, 1.82) is 0 Å². The molecule has 1 aliphatic carbocycles. The van der Waals surface area contributed by atoms with Gasteiger partial charge < -0.3 is 4.57 Å². The fourth-order valence-electron chi connectivity index (χ4n) is 11.0. The summed E-state index contributed by atoms with van der Waals surface area (Å²) in [7, 11) is 0. The van der Waals surface area contributed by atoms with Gasteiger partial charge in [0.05, 0.1) is 22.1 Å². The van der Waals surface area contributed by atoms with E-state index >= 15 is 0 Å². The predicted molar refractivity (Wildman–Crippen MR) is 307 cm³/mol. The molecule has 5 heteroatoms. The molecule has 0 aliphatic heterocycles. The summed E-state index contributed by atoms with van der Waals surface area (Å²) in [5, 5.41) is 4.65. The normalized spacial score (nSPS) is 13.4. The summed E-state index contributed by atoms with van der Waals surface area (Å²) in [5.41, 5.74) is 17.9. The van der Waals surface area contributed by atoms with Gasteiger partial charge in [0.25, 0.3) is 0 Å². The highest BCUT2D eigenvalue weighted by Gasteiger charge is 2.21. The smallest absolute Gasteiger partial charge is 0.238 e. The predicted octanol–water partition coefficient (Wildman–Crippen LogP) is 17.7. The molecule has 3 aromatic heterocycles. The molecule has 10 aromatic carbocycles. The Bertz CT molecular complexity index is 4290. The van der Waals surface area contributed by atoms with E-state index in [2.05, 4.69) is 270 Å². The van der Waals surface area contributed by atoms with Crippen LogP contribution in [-0.4, -0.2) is 24.1 Å².